The highest BCUT2D eigenvalue weighted by Gasteiger charge is 2.15. The number of carbonyl (C=O) groups is 2. The summed E-state index contributed by atoms with van der Waals surface area (Å²) >= 11 is 7.32. The Kier molecular flexibility index (Phi) is 7.50. The first-order valence-electron chi connectivity index (χ1n) is 7.66. The smallest absolute Gasteiger partial charge is 0.407 e. The Hall–Kier alpha value is -2.31. The van der Waals surface area contributed by atoms with E-state index in [-0.39, 0.29) is 19.1 Å². The number of rotatable bonds is 8. The normalized spacial score (nSPS) is 10.1. The van der Waals surface area contributed by atoms with Crippen molar-refractivity contribution >= 4 is 34.9 Å². The quantitative estimate of drug-likeness (QED) is 0.710. The molecule has 1 aromatic heterocycles. The topological polar surface area (TPSA) is 58.6 Å². The molecule has 2 aromatic rings. The highest BCUT2D eigenvalue weighted by molar-refractivity contribution is 7.16. The summed E-state index contributed by atoms with van der Waals surface area (Å²) in [5, 5.41) is 2.47. The maximum Gasteiger partial charge on any atom is 0.407 e. The molecule has 25 heavy (non-hydrogen) atoms. The van der Waals surface area contributed by atoms with Gasteiger partial charge in [-0.1, -0.05) is 48.0 Å². The van der Waals surface area contributed by atoms with Crippen LogP contribution in [0.25, 0.3) is 0 Å². The third kappa shape index (κ3) is 6.60. The lowest BCUT2D eigenvalue weighted by Crippen LogP contribution is -2.40. The summed E-state index contributed by atoms with van der Waals surface area (Å²) in [6.45, 7) is 4.48. The predicted octanol–water partition coefficient (Wildman–Crippen LogP) is 3.84. The fourth-order valence-electron chi connectivity index (χ4n) is 2.07. The Balaban J connectivity index is 1.79. The molecule has 0 saturated carbocycles. The first kappa shape index (κ1) is 19.0. The van der Waals surface area contributed by atoms with E-state index in [0.29, 0.717) is 17.4 Å². The van der Waals surface area contributed by atoms with Crippen molar-refractivity contribution in [1.29, 1.82) is 0 Å². The molecule has 0 aliphatic carbocycles. The Morgan fingerprint density at radius 3 is 2.64 bits per heavy atom. The number of alkyl carbamates (subject to hydrolysis) is 1. The van der Waals surface area contributed by atoms with Crippen molar-refractivity contribution in [3.63, 3.8) is 0 Å². The Morgan fingerprint density at radius 2 is 2.00 bits per heavy atom. The number of carbonyl (C=O) groups excluding carboxylic acids is 2. The highest BCUT2D eigenvalue weighted by atomic mass is 35.5. The zero-order valence-electron chi connectivity index (χ0n) is 13.6. The zero-order chi connectivity index (χ0) is 18.1. The summed E-state index contributed by atoms with van der Waals surface area (Å²) in [5.41, 5.74) is 0.881. The molecule has 2 amide bonds. The van der Waals surface area contributed by atoms with Crippen molar-refractivity contribution in [1.82, 2.24) is 10.2 Å². The molecule has 2 rings (SSSR count). The maximum absolute atomic E-state index is 12.3. The van der Waals surface area contributed by atoms with Gasteiger partial charge in [0.05, 0.1) is 10.9 Å². The summed E-state index contributed by atoms with van der Waals surface area (Å²) < 4.78 is 5.75. The van der Waals surface area contributed by atoms with Gasteiger partial charge >= 0.3 is 6.09 Å². The van der Waals surface area contributed by atoms with Gasteiger partial charge in [-0.3, -0.25) is 4.79 Å². The largest absolute Gasteiger partial charge is 0.445 e. The Labute approximate surface area is 155 Å². The van der Waals surface area contributed by atoms with Crippen LogP contribution in [0, 0.1) is 0 Å². The van der Waals surface area contributed by atoms with E-state index >= 15 is 0 Å². The monoisotopic (exact) mass is 378 g/mol. The lowest BCUT2D eigenvalue weighted by atomic mass is 10.2. The number of thiophene rings is 1. The summed E-state index contributed by atoms with van der Waals surface area (Å²) in [4.78, 5) is 26.6. The molecule has 132 valence electrons. The maximum atomic E-state index is 12.3. The zero-order valence-corrected chi connectivity index (χ0v) is 15.2. The summed E-state index contributed by atoms with van der Waals surface area (Å²) in [5.74, 6) is -0.221. The van der Waals surface area contributed by atoms with Crippen LogP contribution < -0.4 is 5.32 Å². The number of benzene rings is 1. The number of amides is 2. The number of nitrogens with one attached hydrogen (secondary N) is 1. The number of nitrogens with zero attached hydrogens (tertiary/aromatic N) is 1. The summed E-state index contributed by atoms with van der Waals surface area (Å²) in [6.07, 6.45) is 1.01. The van der Waals surface area contributed by atoms with Crippen LogP contribution in [0.3, 0.4) is 0 Å². The average Bonchev–Trinajstić information content (AvgIpc) is 3.03. The minimum atomic E-state index is -0.630. The number of halogens is 1. The second-order valence-electron chi connectivity index (χ2n) is 5.18. The van der Waals surface area contributed by atoms with Gasteiger partial charge in [-0.25, -0.2) is 4.79 Å². The second-order valence-corrected chi connectivity index (χ2v) is 6.98. The minimum absolute atomic E-state index is 0.138. The van der Waals surface area contributed by atoms with Gasteiger partial charge in [0, 0.05) is 11.4 Å². The first-order valence-corrected chi connectivity index (χ1v) is 8.85. The van der Waals surface area contributed by atoms with Crippen LogP contribution in [0.1, 0.15) is 10.4 Å². The third-order valence-corrected chi connectivity index (χ3v) is 4.49. The fraction of sp³-hybridized carbons (Fsp3) is 0.222. The van der Waals surface area contributed by atoms with Crippen molar-refractivity contribution in [3.05, 3.63) is 69.9 Å². The molecular weight excluding hydrogens is 360 g/mol. The van der Waals surface area contributed by atoms with Crippen LogP contribution in [0.15, 0.2) is 55.1 Å². The van der Waals surface area contributed by atoms with Crippen molar-refractivity contribution in [2.24, 2.45) is 0 Å². The molecule has 0 spiro atoms. The van der Waals surface area contributed by atoms with E-state index < -0.39 is 6.09 Å². The molecular formula is C18H19ClN2O3S. The molecule has 1 aromatic carbocycles. The van der Waals surface area contributed by atoms with E-state index in [9.17, 15) is 9.59 Å². The van der Waals surface area contributed by atoms with E-state index in [1.807, 2.05) is 36.4 Å². The second kappa shape index (κ2) is 9.86. The van der Waals surface area contributed by atoms with E-state index in [4.69, 9.17) is 16.3 Å². The van der Waals surface area contributed by atoms with Crippen molar-refractivity contribution in [2.45, 2.75) is 13.2 Å². The fourth-order valence-corrected chi connectivity index (χ4v) is 3.17. The molecule has 0 saturated heterocycles. The van der Waals surface area contributed by atoms with Crippen LogP contribution in [-0.2, 0) is 22.7 Å². The number of hydrogen-bond donors (Lipinski definition) is 1. The molecule has 0 atom stereocenters. The molecule has 0 bridgehead atoms. The molecule has 1 heterocycles. The van der Waals surface area contributed by atoms with E-state index in [1.165, 1.54) is 11.3 Å². The van der Waals surface area contributed by atoms with E-state index in [0.717, 1.165) is 10.4 Å². The molecule has 0 unspecified atom stereocenters. The van der Waals surface area contributed by atoms with E-state index in [1.54, 1.807) is 17.0 Å². The summed E-state index contributed by atoms with van der Waals surface area (Å²) in [7, 11) is 0. The highest BCUT2D eigenvalue weighted by Crippen LogP contribution is 2.22. The third-order valence-electron chi connectivity index (χ3n) is 3.27. The molecule has 0 aliphatic heterocycles. The van der Waals surface area contributed by atoms with Gasteiger partial charge in [0.2, 0.25) is 5.91 Å². The van der Waals surface area contributed by atoms with Gasteiger partial charge in [0.1, 0.15) is 13.2 Å². The first-order chi connectivity index (χ1) is 12.1. The van der Waals surface area contributed by atoms with Gasteiger partial charge in [-0.2, -0.15) is 0 Å². The Bertz CT molecular complexity index is 718. The molecule has 1 N–H and O–H groups in total. The van der Waals surface area contributed by atoms with Crippen molar-refractivity contribution in [2.75, 3.05) is 13.1 Å². The van der Waals surface area contributed by atoms with E-state index in [2.05, 4.69) is 11.9 Å². The summed E-state index contributed by atoms with van der Waals surface area (Å²) in [6, 6.07) is 13.0. The van der Waals surface area contributed by atoms with Crippen LogP contribution in [-0.4, -0.2) is 30.0 Å². The SMILES string of the molecule is C=CCN(Cc1ccc(Cl)s1)C(=O)CNC(=O)OCc1ccccc1. The van der Waals surface area contributed by atoms with Crippen LogP contribution in [0.5, 0.6) is 0 Å². The number of ether oxygens (including phenoxy) is 1. The van der Waals surface area contributed by atoms with Crippen molar-refractivity contribution in [3.8, 4) is 0 Å². The lowest BCUT2D eigenvalue weighted by Gasteiger charge is -2.20. The predicted molar refractivity (Wildman–Crippen MR) is 99.6 cm³/mol. The van der Waals surface area contributed by atoms with Gasteiger partial charge in [-0.15, -0.1) is 17.9 Å². The molecule has 0 fully saturated rings. The average molecular weight is 379 g/mol. The van der Waals surface area contributed by atoms with Crippen LogP contribution in [0.2, 0.25) is 4.34 Å². The van der Waals surface area contributed by atoms with Crippen LogP contribution in [0.4, 0.5) is 4.79 Å². The van der Waals surface area contributed by atoms with Gasteiger partial charge in [0.25, 0.3) is 0 Å². The molecule has 7 heteroatoms. The van der Waals surface area contributed by atoms with Crippen molar-refractivity contribution < 1.29 is 14.3 Å². The van der Waals surface area contributed by atoms with Gasteiger partial charge in [0.15, 0.2) is 0 Å². The molecule has 0 aliphatic rings. The van der Waals surface area contributed by atoms with Crippen LogP contribution >= 0.6 is 22.9 Å². The number of hydrogen-bond acceptors (Lipinski definition) is 4. The lowest BCUT2D eigenvalue weighted by molar-refractivity contribution is -0.130. The molecule has 0 radical (unpaired) electrons. The Morgan fingerprint density at radius 1 is 1.24 bits per heavy atom. The van der Waals surface area contributed by atoms with Gasteiger partial charge in [-0.05, 0) is 17.7 Å². The van der Waals surface area contributed by atoms with Gasteiger partial charge < -0.3 is 15.0 Å². The minimum Gasteiger partial charge on any atom is -0.445 e. The molecule has 5 nitrogen and oxygen atoms in total. The standard InChI is InChI=1S/C18H19ClN2O3S/c1-2-10-21(12-15-8-9-16(19)25-15)17(22)11-20-18(23)24-13-14-6-4-3-5-7-14/h2-9H,1,10-13H2,(H,20,23).